The molecule has 0 unspecified atom stereocenters. The number of hydrogen-bond donors (Lipinski definition) is 1. The van der Waals surface area contributed by atoms with Crippen LogP contribution >= 0.6 is 0 Å². The Morgan fingerprint density at radius 1 is 1.75 bits per heavy atom. The van der Waals surface area contributed by atoms with Gasteiger partial charge in [0, 0.05) is 22.4 Å². The van der Waals surface area contributed by atoms with Gasteiger partial charge in [-0.3, -0.25) is 0 Å². The van der Waals surface area contributed by atoms with Crippen LogP contribution in [0.1, 0.15) is 0 Å². The van der Waals surface area contributed by atoms with Gasteiger partial charge in [-0.05, 0) is 5.14 Å². The summed E-state index contributed by atoms with van der Waals surface area (Å²) in [5, 5.41) is 4.21. The minimum Gasteiger partial charge on any atom is -0.0358 e. The van der Waals surface area contributed by atoms with Crippen molar-refractivity contribution in [3.05, 3.63) is 0 Å². The van der Waals surface area contributed by atoms with Crippen molar-refractivity contribution < 1.29 is 26.6 Å². The van der Waals surface area contributed by atoms with Crippen LogP contribution in [0.25, 0.3) is 0 Å². The Kier molecular flexibility index (Phi) is 20.5. The fraction of sp³-hybridized carbons (Fsp3) is 0. The molecule has 0 atom stereocenters. The Hall–Kier alpha value is 0.720. The van der Waals surface area contributed by atoms with Gasteiger partial charge in [0.1, 0.15) is 0 Å². The van der Waals surface area contributed by atoms with E-state index in [0.29, 0.717) is 0 Å². The summed E-state index contributed by atoms with van der Waals surface area (Å²) in [6, 6.07) is 0. The monoisotopic (exact) mass is 171 g/mol. The van der Waals surface area contributed by atoms with Crippen molar-refractivity contribution in [3.8, 4) is 0 Å². The number of nitrogens with two attached hydrogens (primary N) is 1. The molecule has 29 valence electrons. The van der Waals surface area contributed by atoms with Crippen LogP contribution in [0.2, 0.25) is 0 Å². The second kappa shape index (κ2) is 9.30. The molecule has 0 spiro atoms. The molecule has 0 rings (SSSR count). The first-order valence-corrected chi connectivity index (χ1v) is 1.21. The van der Waals surface area contributed by atoms with E-state index < -0.39 is 0 Å². The molecule has 4 heavy (non-hydrogen) atoms. The Bertz CT molecular complexity index is 15.5. The van der Waals surface area contributed by atoms with Crippen LogP contribution in [0.15, 0.2) is 0 Å². The zero-order valence-electron chi connectivity index (χ0n) is 1.70. The predicted molar refractivity (Wildman–Crippen MR) is 12.2 cm³/mol. The summed E-state index contributed by atoms with van der Waals surface area (Å²) in [6.45, 7) is 0. The summed E-state index contributed by atoms with van der Waals surface area (Å²) >= 11 is -0.000000000000000222. The van der Waals surface area contributed by atoms with Gasteiger partial charge in [0.2, 0.25) is 0 Å². The van der Waals surface area contributed by atoms with E-state index in [2.05, 4.69) is 5.14 Å². The molecule has 2 N–H and O–H groups in total. The van der Waals surface area contributed by atoms with Crippen molar-refractivity contribution in [2.75, 3.05) is 0 Å². The van der Waals surface area contributed by atoms with Crippen LogP contribution in [-0.2, 0) is 38.4 Å². The van der Waals surface area contributed by atoms with E-state index in [9.17, 15) is 0 Å². The molecule has 0 aliphatic rings. The van der Waals surface area contributed by atoms with Crippen molar-refractivity contribution in [1.29, 1.82) is 0 Å². The molecule has 0 aromatic carbocycles. The van der Waals surface area contributed by atoms with Crippen molar-refractivity contribution in [3.63, 3.8) is 0 Å². The third-order valence-electron chi connectivity index (χ3n) is 0. The second-order valence-electron chi connectivity index (χ2n) is 0.0962. The Morgan fingerprint density at radius 2 is 1.75 bits per heavy atom. The van der Waals surface area contributed by atoms with Crippen LogP contribution in [0.4, 0.5) is 0 Å². The van der Waals surface area contributed by atoms with E-state index in [4.69, 9.17) is 4.21 Å². The average Bonchev–Trinajstić information content (AvgIpc) is 0.918. The van der Waals surface area contributed by atoms with Gasteiger partial charge in [0.15, 0.2) is 0 Å². The first-order chi connectivity index (χ1) is 1.41. The van der Waals surface area contributed by atoms with Gasteiger partial charge < -0.3 is 0 Å². The third-order valence-corrected chi connectivity index (χ3v) is 0. The van der Waals surface area contributed by atoms with Crippen molar-refractivity contribution >= 4 is 11.9 Å². The maximum atomic E-state index is 8.62. The van der Waals surface area contributed by atoms with Crippen LogP contribution in [0, 0.1) is 0 Å². The van der Waals surface area contributed by atoms with E-state index in [1.165, 1.54) is 0 Å². The van der Waals surface area contributed by atoms with Crippen LogP contribution in [0.5, 0.6) is 0 Å². The number of hydrogen-bond acceptors (Lipinski definition) is 1. The summed E-state index contributed by atoms with van der Waals surface area (Å²) in [5.74, 6) is 0. The standard InChI is InChI=1S/Ag.H2NOS/c;1-3-2/h;(H2,1,2)/q;+1. The van der Waals surface area contributed by atoms with Crippen LogP contribution < -0.4 is 5.14 Å². The van der Waals surface area contributed by atoms with Gasteiger partial charge in [0.05, 0.1) is 4.21 Å². The molecule has 0 aromatic rings. The smallest absolute Gasteiger partial charge is 0.0358 e. The van der Waals surface area contributed by atoms with E-state index >= 15 is 0 Å². The van der Waals surface area contributed by atoms with E-state index in [0.717, 1.165) is 0 Å². The maximum Gasteiger partial charge on any atom is 0.584 e. The predicted octanol–water partition coefficient (Wildman–Crippen LogP) is -0.714. The molecule has 0 aliphatic carbocycles. The van der Waals surface area contributed by atoms with Gasteiger partial charge in [0.25, 0.3) is 0 Å². The van der Waals surface area contributed by atoms with Gasteiger partial charge >= 0.3 is 11.9 Å². The number of rotatable bonds is 0. The molecule has 0 saturated carbocycles. The van der Waals surface area contributed by atoms with Crippen molar-refractivity contribution in [2.45, 2.75) is 0 Å². The molecule has 4 heteroatoms. The second-order valence-corrected chi connectivity index (χ2v) is 0.289. The molecule has 0 heterocycles. The fourth-order valence-corrected chi connectivity index (χ4v) is 0. The average molecular weight is 172 g/mol. The molecule has 0 amide bonds. The SMILES string of the molecule is N[S+]=O.[Ag]. The molecule has 0 aromatic heterocycles. The third kappa shape index (κ3) is 15.5. The van der Waals surface area contributed by atoms with Gasteiger partial charge in [-0.1, -0.05) is 0 Å². The largest absolute Gasteiger partial charge is 0.584 e. The van der Waals surface area contributed by atoms with E-state index in [-0.39, 0.29) is 34.2 Å². The van der Waals surface area contributed by atoms with Crippen LogP contribution in [0.3, 0.4) is 0 Å². The minimum atomic E-state index is -0.000000000000000222. The molecule has 0 aliphatic heterocycles. The molecule has 2 nitrogen and oxygen atoms in total. The van der Waals surface area contributed by atoms with Crippen LogP contribution in [-0.4, -0.2) is 0 Å². The zero-order chi connectivity index (χ0) is 2.71. The molecule has 0 saturated heterocycles. The molecule has 0 bridgehead atoms. The van der Waals surface area contributed by atoms with E-state index in [1.807, 2.05) is 0 Å². The summed E-state index contributed by atoms with van der Waals surface area (Å²) < 4.78 is 8.62. The first-order valence-electron chi connectivity index (χ1n) is 0.402. The normalized spacial score (nSPS) is 3.25. The van der Waals surface area contributed by atoms with E-state index in [1.54, 1.807) is 0 Å². The Labute approximate surface area is 43.9 Å². The summed E-state index contributed by atoms with van der Waals surface area (Å²) in [7, 11) is 0. The quantitative estimate of drug-likeness (QED) is 0.292. The Balaban J connectivity index is 0. The molecular formula is H2AgNOS+. The molecule has 0 fully saturated rings. The van der Waals surface area contributed by atoms with Crippen molar-refractivity contribution in [2.24, 2.45) is 5.14 Å². The summed E-state index contributed by atoms with van der Waals surface area (Å²) in [4.78, 5) is 0. The van der Waals surface area contributed by atoms with Gasteiger partial charge in [-0.2, -0.15) is 0 Å². The Morgan fingerprint density at radius 3 is 1.75 bits per heavy atom. The minimum absolute atomic E-state index is 0. The van der Waals surface area contributed by atoms with Gasteiger partial charge in [-0.25, -0.2) is 0 Å². The molecular weight excluding hydrogens is 170 g/mol. The summed E-state index contributed by atoms with van der Waals surface area (Å²) in [6.07, 6.45) is 0. The summed E-state index contributed by atoms with van der Waals surface area (Å²) in [5.41, 5.74) is 0. The fourth-order valence-electron chi connectivity index (χ4n) is 0. The van der Waals surface area contributed by atoms with Crippen molar-refractivity contribution in [1.82, 2.24) is 0 Å². The topological polar surface area (TPSA) is 43.1 Å². The first kappa shape index (κ1) is 8.83. The van der Waals surface area contributed by atoms with Gasteiger partial charge in [-0.15, -0.1) is 0 Å². The zero-order valence-corrected chi connectivity index (χ0v) is 3.99. The maximum absolute atomic E-state index is 8.62. The molecule has 1 radical (unpaired) electrons.